The molecule has 0 radical (unpaired) electrons. The van der Waals surface area contributed by atoms with Crippen molar-refractivity contribution in [1.29, 1.82) is 0 Å². The maximum absolute atomic E-state index is 15.1. The van der Waals surface area contributed by atoms with Gasteiger partial charge < -0.3 is 25.3 Å². The lowest BCUT2D eigenvalue weighted by Crippen LogP contribution is -2.53. The van der Waals surface area contributed by atoms with Crippen molar-refractivity contribution in [2.45, 2.75) is 74.6 Å². The molecule has 8 nitrogen and oxygen atoms in total. The number of carbonyl (C=O) groups is 1. The lowest BCUT2D eigenvalue weighted by molar-refractivity contribution is -0.286. The zero-order valence-electron chi connectivity index (χ0n) is 23.8. The molecule has 1 amide bonds. The minimum atomic E-state index is -3.79. The first-order valence-electron chi connectivity index (χ1n) is 13.3. The van der Waals surface area contributed by atoms with Gasteiger partial charge in [-0.1, -0.05) is 32.2 Å². The molecule has 236 valence electrons. The van der Waals surface area contributed by atoms with Gasteiger partial charge in [-0.05, 0) is 42.2 Å². The van der Waals surface area contributed by atoms with E-state index in [1.807, 2.05) is 13.8 Å². The van der Waals surface area contributed by atoms with E-state index in [1.54, 1.807) is 11.8 Å². The highest BCUT2D eigenvalue weighted by molar-refractivity contribution is 8.03. The number of alkyl halides is 6. The van der Waals surface area contributed by atoms with Gasteiger partial charge in [0.1, 0.15) is 0 Å². The number of fused-ring (bicyclic) bond motifs is 1. The van der Waals surface area contributed by atoms with Crippen molar-refractivity contribution in [1.82, 2.24) is 15.2 Å². The van der Waals surface area contributed by atoms with E-state index in [0.29, 0.717) is 10.5 Å². The molecule has 0 saturated carbocycles. The SMILES string of the molecule is C=C(NC(=O)C(C)N1CCC(F)(F)C(c2cnc(OC)c(C(N)C(F)F)c2)C1)Sc1cc2c(cc1C(C)C)OC(F)(F)O2. The molecule has 4 rings (SSSR count). The Balaban J connectivity index is 1.47. The quantitative estimate of drug-likeness (QED) is 0.243. The molecular formula is C28H32F6N4O4S. The summed E-state index contributed by atoms with van der Waals surface area (Å²) in [6.45, 7) is 8.73. The number of pyridine rings is 1. The summed E-state index contributed by atoms with van der Waals surface area (Å²) in [4.78, 5) is 19.1. The van der Waals surface area contributed by atoms with Crippen molar-refractivity contribution < 1.29 is 45.3 Å². The predicted molar refractivity (Wildman–Crippen MR) is 147 cm³/mol. The Kier molecular flexibility index (Phi) is 9.47. The maximum atomic E-state index is 15.1. The Morgan fingerprint density at radius 2 is 1.81 bits per heavy atom. The molecule has 0 aliphatic carbocycles. The molecule has 2 aromatic rings. The van der Waals surface area contributed by atoms with Gasteiger partial charge in [0.05, 0.1) is 30.1 Å². The predicted octanol–water partition coefficient (Wildman–Crippen LogP) is 5.99. The number of hydrogen-bond donors (Lipinski definition) is 2. The minimum absolute atomic E-state index is 0.0104. The fourth-order valence-corrected chi connectivity index (χ4v) is 5.94. The number of nitrogens with one attached hydrogen (secondary N) is 1. The number of aromatic nitrogens is 1. The fraction of sp³-hybridized carbons (Fsp3) is 0.500. The van der Waals surface area contributed by atoms with Crippen LogP contribution in [0.2, 0.25) is 0 Å². The van der Waals surface area contributed by atoms with E-state index in [4.69, 9.17) is 10.5 Å². The fourth-order valence-electron chi connectivity index (χ4n) is 4.95. The number of rotatable bonds is 10. The van der Waals surface area contributed by atoms with Crippen LogP contribution in [0, 0.1) is 0 Å². The summed E-state index contributed by atoms with van der Waals surface area (Å²) >= 11 is 1.03. The van der Waals surface area contributed by atoms with E-state index in [9.17, 15) is 22.4 Å². The number of nitrogens with zero attached hydrogens (tertiary/aromatic N) is 2. The van der Waals surface area contributed by atoms with Gasteiger partial charge in [0.2, 0.25) is 11.8 Å². The van der Waals surface area contributed by atoms with Gasteiger partial charge >= 0.3 is 6.29 Å². The van der Waals surface area contributed by atoms with E-state index in [-0.39, 0.29) is 52.5 Å². The summed E-state index contributed by atoms with van der Waals surface area (Å²) in [6.07, 6.45) is -6.21. The summed E-state index contributed by atoms with van der Waals surface area (Å²) in [6, 6.07) is 1.31. The van der Waals surface area contributed by atoms with Crippen LogP contribution in [-0.2, 0) is 4.79 Å². The molecule has 2 aliphatic heterocycles. The van der Waals surface area contributed by atoms with E-state index < -0.39 is 49.0 Å². The topological polar surface area (TPSA) is 98.9 Å². The first-order chi connectivity index (χ1) is 20.0. The number of nitrogens with two attached hydrogens (primary N) is 1. The molecule has 3 heterocycles. The van der Waals surface area contributed by atoms with Gasteiger partial charge in [-0.25, -0.2) is 22.5 Å². The van der Waals surface area contributed by atoms with Gasteiger partial charge in [-0.3, -0.25) is 9.69 Å². The summed E-state index contributed by atoms with van der Waals surface area (Å²) < 4.78 is 98.2. The third-order valence-electron chi connectivity index (χ3n) is 7.36. The number of methoxy groups -OCH3 is 1. The number of thioether (sulfide) groups is 1. The summed E-state index contributed by atoms with van der Waals surface area (Å²) in [5, 5.41) is 2.83. The van der Waals surface area contributed by atoms with Crippen molar-refractivity contribution in [3.8, 4) is 17.4 Å². The summed E-state index contributed by atoms with van der Waals surface area (Å²) in [5.74, 6) is -5.75. The van der Waals surface area contributed by atoms with Gasteiger partial charge in [0.25, 0.3) is 12.3 Å². The Bertz CT molecular complexity index is 1380. The molecular weight excluding hydrogens is 602 g/mol. The van der Waals surface area contributed by atoms with Crippen molar-refractivity contribution in [3.05, 3.63) is 52.7 Å². The molecule has 3 atom stereocenters. The van der Waals surface area contributed by atoms with Crippen LogP contribution in [0.1, 0.15) is 61.8 Å². The number of ether oxygens (including phenoxy) is 3. The van der Waals surface area contributed by atoms with Crippen molar-refractivity contribution in [2.75, 3.05) is 20.2 Å². The summed E-state index contributed by atoms with van der Waals surface area (Å²) in [7, 11) is 1.21. The third kappa shape index (κ3) is 7.15. The highest BCUT2D eigenvalue weighted by atomic mass is 32.2. The van der Waals surface area contributed by atoms with Crippen LogP contribution in [0.25, 0.3) is 0 Å². The molecule has 0 bridgehead atoms. The molecule has 1 aromatic carbocycles. The lowest BCUT2D eigenvalue weighted by Gasteiger charge is -2.41. The summed E-state index contributed by atoms with van der Waals surface area (Å²) in [5.41, 5.74) is 6.04. The lowest BCUT2D eigenvalue weighted by atomic mass is 9.86. The zero-order chi connectivity index (χ0) is 31.9. The molecule has 15 heteroatoms. The van der Waals surface area contributed by atoms with Crippen LogP contribution < -0.4 is 25.3 Å². The monoisotopic (exact) mass is 634 g/mol. The number of piperidine rings is 1. The number of hydrogen-bond acceptors (Lipinski definition) is 8. The molecule has 3 unspecified atom stereocenters. The normalized spacial score (nSPS) is 20.6. The van der Waals surface area contributed by atoms with E-state index in [0.717, 1.165) is 24.0 Å². The van der Waals surface area contributed by atoms with Crippen molar-refractivity contribution in [2.24, 2.45) is 5.73 Å². The number of amides is 1. The van der Waals surface area contributed by atoms with Crippen LogP contribution in [0.15, 0.2) is 40.9 Å². The Hall–Kier alpha value is -3.17. The van der Waals surface area contributed by atoms with Gasteiger partial charge in [0.15, 0.2) is 11.5 Å². The number of benzene rings is 1. The largest absolute Gasteiger partial charge is 0.586 e. The average molecular weight is 635 g/mol. The van der Waals surface area contributed by atoms with E-state index in [1.165, 1.54) is 19.2 Å². The highest BCUT2D eigenvalue weighted by Crippen LogP contribution is 2.47. The van der Waals surface area contributed by atoms with Crippen LogP contribution >= 0.6 is 11.8 Å². The number of carbonyl (C=O) groups excluding carboxylic acids is 1. The Morgan fingerprint density at radius 3 is 2.42 bits per heavy atom. The van der Waals surface area contributed by atoms with Gasteiger partial charge in [0, 0.05) is 36.2 Å². The molecule has 43 heavy (non-hydrogen) atoms. The smallest absolute Gasteiger partial charge is 0.481 e. The third-order valence-corrected chi connectivity index (χ3v) is 8.29. The average Bonchev–Trinajstić information content (AvgIpc) is 3.23. The second-order valence-electron chi connectivity index (χ2n) is 10.6. The van der Waals surface area contributed by atoms with E-state index in [2.05, 4.69) is 26.4 Å². The highest BCUT2D eigenvalue weighted by Gasteiger charge is 2.47. The van der Waals surface area contributed by atoms with Crippen LogP contribution in [-0.4, -0.2) is 60.7 Å². The first kappa shape index (κ1) is 32.7. The second-order valence-corrected chi connectivity index (χ2v) is 11.8. The minimum Gasteiger partial charge on any atom is -0.481 e. The zero-order valence-corrected chi connectivity index (χ0v) is 24.6. The van der Waals surface area contributed by atoms with Crippen LogP contribution in [0.5, 0.6) is 17.4 Å². The molecule has 2 aliphatic rings. The van der Waals surface area contributed by atoms with Crippen LogP contribution in [0.4, 0.5) is 26.3 Å². The van der Waals surface area contributed by atoms with Crippen molar-refractivity contribution >= 4 is 17.7 Å². The molecule has 1 fully saturated rings. The number of halogens is 6. The Morgan fingerprint density at radius 1 is 1.16 bits per heavy atom. The molecule has 1 saturated heterocycles. The molecule has 3 N–H and O–H groups in total. The Labute approximate surface area is 248 Å². The van der Waals surface area contributed by atoms with Crippen LogP contribution in [0.3, 0.4) is 0 Å². The van der Waals surface area contributed by atoms with Gasteiger partial charge in [-0.2, -0.15) is 0 Å². The molecule has 1 aromatic heterocycles. The maximum Gasteiger partial charge on any atom is 0.586 e. The van der Waals surface area contributed by atoms with E-state index >= 15 is 8.78 Å². The standard InChI is InChI=1S/C28H32F6N4O4S/c1-13(2)17-9-20-21(42-28(33,34)41-20)10-22(17)43-15(4)37-25(39)14(3)38-7-6-27(31,32)19(12-38)16-8-18(23(35)24(29)30)26(40-5)36-11-16/h8-11,13-14,19,23-24H,4,6-7,12,35H2,1-3,5H3,(H,37,39). The number of likely N-dealkylation sites (tertiary alicyclic amines) is 1. The van der Waals surface area contributed by atoms with Crippen molar-refractivity contribution in [3.63, 3.8) is 0 Å². The van der Waals surface area contributed by atoms with Gasteiger partial charge in [-0.15, -0.1) is 8.78 Å². The molecule has 0 spiro atoms. The second kappa shape index (κ2) is 12.4. The first-order valence-corrected chi connectivity index (χ1v) is 14.2.